The van der Waals surface area contributed by atoms with Crippen LogP contribution in [-0.2, 0) is 4.74 Å². The van der Waals surface area contributed by atoms with Gasteiger partial charge in [-0.25, -0.2) is 8.78 Å². The first-order valence-corrected chi connectivity index (χ1v) is 5.90. The maximum absolute atomic E-state index is 13.0. The van der Waals surface area contributed by atoms with Crippen LogP contribution in [0.4, 0.5) is 8.78 Å². The van der Waals surface area contributed by atoms with Crippen LogP contribution in [0.3, 0.4) is 0 Å². The molecule has 0 aliphatic heterocycles. The number of carbonyl (C=O) groups is 1. The van der Waals surface area contributed by atoms with Gasteiger partial charge in [0.1, 0.15) is 0 Å². The highest BCUT2D eigenvalue weighted by Gasteiger charge is 2.12. The number of Topliss-reactive ketones (excluding diaryl/α,β-unsaturated/α-hetero) is 1. The fourth-order valence-electron chi connectivity index (χ4n) is 1.47. The normalized spacial score (nSPS) is 11.0. The van der Waals surface area contributed by atoms with Crippen molar-refractivity contribution in [3.05, 3.63) is 35.4 Å². The van der Waals surface area contributed by atoms with Gasteiger partial charge in [0.2, 0.25) is 0 Å². The molecular formula is C13H17F2NO3. The number of ketones is 1. The minimum atomic E-state index is -1.03. The van der Waals surface area contributed by atoms with E-state index < -0.39 is 11.6 Å². The highest BCUT2D eigenvalue weighted by molar-refractivity contribution is 5.97. The zero-order valence-corrected chi connectivity index (χ0v) is 10.7. The van der Waals surface area contributed by atoms with E-state index >= 15 is 0 Å². The predicted molar refractivity (Wildman–Crippen MR) is 66.1 cm³/mol. The van der Waals surface area contributed by atoms with Gasteiger partial charge < -0.3 is 9.84 Å². The lowest BCUT2D eigenvalue weighted by Gasteiger charge is -2.15. The zero-order chi connectivity index (χ0) is 14.3. The van der Waals surface area contributed by atoms with Crippen molar-refractivity contribution >= 4 is 5.78 Å². The molecule has 0 saturated carbocycles. The Morgan fingerprint density at radius 1 is 1.32 bits per heavy atom. The molecule has 0 atom stereocenters. The van der Waals surface area contributed by atoms with Gasteiger partial charge in [-0.15, -0.1) is 0 Å². The molecule has 0 unspecified atom stereocenters. The van der Waals surface area contributed by atoms with E-state index in [-0.39, 0.29) is 31.1 Å². The van der Waals surface area contributed by atoms with Crippen LogP contribution in [0.1, 0.15) is 10.4 Å². The minimum Gasteiger partial charge on any atom is -0.394 e. The van der Waals surface area contributed by atoms with E-state index in [0.717, 1.165) is 12.1 Å². The summed E-state index contributed by atoms with van der Waals surface area (Å²) in [6, 6.07) is 3.09. The topological polar surface area (TPSA) is 49.8 Å². The number of hydrogen-bond donors (Lipinski definition) is 1. The number of hydrogen-bond acceptors (Lipinski definition) is 4. The Hall–Kier alpha value is -1.37. The third-order valence-electron chi connectivity index (χ3n) is 2.51. The second-order valence-electron chi connectivity index (χ2n) is 4.13. The van der Waals surface area contributed by atoms with E-state index in [1.54, 1.807) is 11.9 Å². The number of aliphatic hydroxyl groups excluding tert-OH is 1. The number of benzene rings is 1. The van der Waals surface area contributed by atoms with Crippen molar-refractivity contribution in [2.75, 3.05) is 40.0 Å². The average molecular weight is 273 g/mol. The fourth-order valence-corrected chi connectivity index (χ4v) is 1.47. The van der Waals surface area contributed by atoms with Crippen molar-refractivity contribution in [2.45, 2.75) is 0 Å². The van der Waals surface area contributed by atoms with E-state index in [0.29, 0.717) is 13.2 Å². The molecule has 106 valence electrons. The van der Waals surface area contributed by atoms with Crippen molar-refractivity contribution in [3.8, 4) is 0 Å². The molecule has 0 radical (unpaired) electrons. The molecule has 0 amide bonds. The quantitative estimate of drug-likeness (QED) is 0.569. The number of carbonyl (C=O) groups excluding carboxylic acids is 1. The lowest BCUT2D eigenvalue weighted by atomic mass is 10.1. The van der Waals surface area contributed by atoms with Crippen molar-refractivity contribution in [3.63, 3.8) is 0 Å². The summed E-state index contributed by atoms with van der Waals surface area (Å²) in [7, 11) is 1.72. The third-order valence-corrected chi connectivity index (χ3v) is 2.51. The summed E-state index contributed by atoms with van der Waals surface area (Å²) in [5, 5.41) is 8.52. The molecule has 0 aliphatic carbocycles. The van der Waals surface area contributed by atoms with Crippen LogP contribution in [0.15, 0.2) is 18.2 Å². The molecule has 6 heteroatoms. The van der Waals surface area contributed by atoms with Crippen LogP contribution in [0.2, 0.25) is 0 Å². The fraction of sp³-hybridized carbons (Fsp3) is 0.462. The van der Waals surface area contributed by atoms with Gasteiger partial charge in [0.05, 0.1) is 26.4 Å². The van der Waals surface area contributed by atoms with Gasteiger partial charge in [-0.05, 0) is 25.2 Å². The molecule has 1 rings (SSSR count). The molecule has 4 nitrogen and oxygen atoms in total. The summed E-state index contributed by atoms with van der Waals surface area (Å²) in [4.78, 5) is 13.5. The summed E-state index contributed by atoms with van der Waals surface area (Å²) in [6.45, 7) is 1.20. The van der Waals surface area contributed by atoms with E-state index in [1.807, 2.05) is 0 Å². The van der Waals surface area contributed by atoms with Gasteiger partial charge in [0.25, 0.3) is 0 Å². The van der Waals surface area contributed by atoms with Crippen LogP contribution in [0.5, 0.6) is 0 Å². The molecule has 1 aromatic carbocycles. The number of halogens is 2. The Balaban J connectivity index is 2.43. The third kappa shape index (κ3) is 5.42. The number of aliphatic hydroxyl groups is 1. The molecule has 1 aromatic rings. The molecule has 0 fully saturated rings. The average Bonchev–Trinajstić information content (AvgIpc) is 2.38. The Morgan fingerprint density at radius 3 is 2.68 bits per heavy atom. The van der Waals surface area contributed by atoms with Crippen LogP contribution < -0.4 is 0 Å². The number of ether oxygens (including phenoxy) is 1. The summed E-state index contributed by atoms with van der Waals surface area (Å²) in [6.07, 6.45) is 0. The van der Waals surface area contributed by atoms with Crippen molar-refractivity contribution in [1.29, 1.82) is 0 Å². The molecule has 1 N–H and O–H groups in total. The number of nitrogens with zero attached hydrogens (tertiary/aromatic N) is 1. The lowest BCUT2D eigenvalue weighted by Crippen LogP contribution is -2.29. The maximum atomic E-state index is 13.0. The van der Waals surface area contributed by atoms with Gasteiger partial charge in [0.15, 0.2) is 17.4 Å². The highest BCUT2D eigenvalue weighted by Crippen LogP contribution is 2.09. The van der Waals surface area contributed by atoms with Crippen molar-refractivity contribution in [1.82, 2.24) is 4.90 Å². The van der Waals surface area contributed by atoms with Crippen LogP contribution >= 0.6 is 0 Å². The molecule has 0 spiro atoms. The highest BCUT2D eigenvalue weighted by atomic mass is 19.2. The van der Waals surface area contributed by atoms with E-state index in [1.165, 1.54) is 6.07 Å². The zero-order valence-electron chi connectivity index (χ0n) is 10.7. The molecule has 0 heterocycles. The second-order valence-corrected chi connectivity index (χ2v) is 4.13. The second kappa shape index (κ2) is 7.93. The first-order valence-electron chi connectivity index (χ1n) is 5.90. The van der Waals surface area contributed by atoms with E-state index in [2.05, 4.69) is 0 Å². The monoisotopic (exact) mass is 273 g/mol. The summed E-state index contributed by atoms with van der Waals surface area (Å²) < 4.78 is 30.8. The summed E-state index contributed by atoms with van der Waals surface area (Å²) in [5.41, 5.74) is 0.141. The van der Waals surface area contributed by atoms with Crippen LogP contribution in [0, 0.1) is 11.6 Å². The number of likely N-dealkylation sites (N-methyl/N-ethyl adjacent to an activating group) is 1. The Kier molecular flexibility index (Phi) is 6.55. The van der Waals surface area contributed by atoms with Gasteiger partial charge >= 0.3 is 0 Å². The molecule has 19 heavy (non-hydrogen) atoms. The van der Waals surface area contributed by atoms with Gasteiger partial charge in [-0.2, -0.15) is 0 Å². The molecular weight excluding hydrogens is 256 g/mol. The van der Waals surface area contributed by atoms with E-state index in [9.17, 15) is 13.6 Å². The van der Waals surface area contributed by atoms with Crippen molar-refractivity contribution in [2.24, 2.45) is 0 Å². The van der Waals surface area contributed by atoms with E-state index in [4.69, 9.17) is 9.84 Å². The van der Waals surface area contributed by atoms with Gasteiger partial charge in [0, 0.05) is 12.1 Å². The molecule has 0 aromatic heterocycles. The number of rotatable bonds is 8. The van der Waals surface area contributed by atoms with Gasteiger partial charge in [-0.1, -0.05) is 0 Å². The van der Waals surface area contributed by atoms with Crippen LogP contribution in [0.25, 0.3) is 0 Å². The largest absolute Gasteiger partial charge is 0.394 e. The van der Waals surface area contributed by atoms with Crippen LogP contribution in [-0.4, -0.2) is 55.7 Å². The predicted octanol–water partition coefficient (Wildman–Crippen LogP) is 1.09. The molecule has 0 saturated heterocycles. The molecule has 0 bridgehead atoms. The van der Waals surface area contributed by atoms with Crippen molar-refractivity contribution < 1.29 is 23.4 Å². The Morgan fingerprint density at radius 2 is 2.05 bits per heavy atom. The maximum Gasteiger partial charge on any atom is 0.176 e. The SMILES string of the molecule is CN(CCOCCO)CC(=O)c1ccc(F)c(F)c1. The standard InChI is InChI=1S/C13H17F2NO3/c1-16(4-6-19-7-5-17)9-13(18)10-2-3-11(14)12(15)8-10/h2-3,8,17H,4-7,9H2,1H3. The molecule has 0 aliphatic rings. The summed E-state index contributed by atoms with van der Waals surface area (Å²) in [5.74, 6) is -2.29. The van der Waals surface area contributed by atoms with Gasteiger partial charge in [-0.3, -0.25) is 9.69 Å². The Bertz CT molecular complexity index is 426. The smallest absolute Gasteiger partial charge is 0.176 e. The minimum absolute atomic E-state index is 0.0441. The first kappa shape index (κ1) is 15.7. The first-order chi connectivity index (χ1) is 9.04. The Labute approximate surface area is 110 Å². The lowest BCUT2D eigenvalue weighted by molar-refractivity contribution is 0.0739. The summed E-state index contributed by atoms with van der Waals surface area (Å²) >= 11 is 0.